The highest BCUT2D eigenvalue weighted by Crippen LogP contribution is 2.23. The van der Waals surface area contributed by atoms with Gasteiger partial charge in [0.2, 0.25) is 5.91 Å². The molecule has 0 aliphatic heterocycles. The first-order valence-corrected chi connectivity index (χ1v) is 7.97. The van der Waals surface area contributed by atoms with E-state index in [0.717, 1.165) is 23.0 Å². The summed E-state index contributed by atoms with van der Waals surface area (Å²) in [6.45, 7) is 6.30. The van der Waals surface area contributed by atoms with Crippen LogP contribution in [0.4, 0.5) is 0 Å². The third-order valence-corrected chi connectivity index (χ3v) is 3.85. The summed E-state index contributed by atoms with van der Waals surface area (Å²) in [5, 5.41) is 3.75. The molecule has 0 spiro atoms. The number of benzene rings is 1. The topological polar surface area (TPSA) is 60.3 Å². The molecule has 0 aliphatic carbocycles. The number of carbonyl (C=O) groups is 2. The molecule has 0 saturated heterocycles. The number of allylic oxidation sites excluding steroid dienone is 2. The van der Waals surface area contributed by atoms with E-state index in [1.165, 1.54) is 19.6 Å². The van der Waals surface area contributed by atoms with Gasteiger partial charge in [0, 0.05) is 37.0 Å². The maximum atomic E-state index is 12.0. The van der Waals surface area contributed by atoms with E-state index in [9.17, 15) is 9.59 Å². The van der Waals surface area contributed by atoms with E-state index in [4.69, 9.17) is 4.74 Å². The number of fused-ring (bicyclic) bond motifs is 1. The Morgan fingerprint density at radius 3 is 2.58 bits per heavy atom. The lowest BCUT2D eigenvalue weighted by atomic mass is 10.1. The lowest BCUT2D eigenvalue weighted by Crippen LogP contribution is -2.41. The Balaban J connectivity index is 2.38. The van der Waals surface area contributed by atoms with Crippen LogP contribution in [0.25, 0.3) is 10.9 Å². The minimum Gasteiger partial charge on any atom is -0.467 e. The van der Waals surface area contributed by atoms with E-state index < -0.39 is 12.0 Å². The Hall–Kier alpha value is -2.56. The number of nitrogens with zero attached hydrogens (tertiary/aromatic N) is 1. The Bertz CT molecular complexity index is 770. The number of hydrogen-bond donors (Lipinski definition) is 1. The number of amides is 1. The number of nitrogens with one attached hydrogen (secondary N) is 1. The van der Waals surface area contributed by atoms with Crippen molar-refractivity contribution in [2.24, 2.45) is 0 Å². The molecule has 0 bridgehead atoms. The number of hydrogen-bond acceptors (Lipinski definition) is 3. The van der Waals surface area contributed by atoms with E-state index >= 15 is 0 Å². The fourth-order valence-corrected chi connectivity index (χ4v) is 2.72. The maximum Gasteiger partial charge on any atom is 0.328 e. The van der Waals surface area contributed by atoms with Crippen molar-refractivity contribution in [2.45, 2.75) is 39.8 Å². The summed E-state index contributed by atoms with van der Waals surface area (Å²) in [6, 6.07) is 7.38. The van der Waals surface area contributed by atoms with Crippen LogP contribution in [0.15, 0.2) is 42.1 Å². The normalized spacial score (nSPS) is 11.8. The van der Waals surface area contributed by atoms with Gasteiger partial charge in [0.25, 0.3) is 0 Å². The van der Waals surface area contributed by atoms with Gasteiger partial charge in [-0.2, -0.15) is 0 Å². The molecule has 0 fully saturated rings. The molecule has 0 unspecified atom stereocenters. The number of methoxy groups -OCH3 is 1. The van der Waals surface area contributed by atoms with Crippen molar-refractivity contribution in [3.05, 3.63) is 47.7 Å². The Kier molecular flexibility index (Phi) is 5.79. The van der Waals surface area contributed by atoms with Gasteiger partial charge < -0.3 is 14.6 Å². The zero-order valence-corrected chi connectivity index (χ0v) is 14.6. The SMILES string of the molecule is COC(=O)[C@H](Cc1cn(CC=C(C)C)c2ccccc12)NC(C)=O. The van der Waals surface area contributed by atoms with Crippen molar-refractivity contribution in [3.8, 4) is 0 Å². The van der Waals surface area contributed by atoms with Gasteiger partial charge in [-0.25, -0.2) is 4.79 Å². The predicted octanol–water partition coefficient (Wildman–Crippen LogP) is 2.83. The fourth-order valence-electron chi connectivity index (χ4n) is 2.72. The maximum absolute atomic E-state index is 12.0. The molecular formula is C19H24N2O3. The number of rotatable bonds is 6. The standard InChI is InChI=1S/C19H24N2O3/c1-13(2)9-10-21-12-15(16-7-5-6-8-18(16)21)11-17(19(23)24-4)20-14(3)22/h5-9,12,17H,10-11H2,1-4H3,(H,20,22)/t17-/m0/s1. The molecular weight excluding hydrogens is 304 g/mol. The molecule has 5 nitrogen and oxygen atoms in total. The summed E-state index contributed by atoms with van der Waals surface area (Å²) >= 11 is 0. The van der Waals surface area contributed by atoms with Crippen molar-refractivity contribution in [1.82, 2.24) is 9.88 Å². The van der Waals surface area contributed by atoms with E-state index in [-0.39, 0.29) is 5.91 Å². The zero-order valence-electron chi connectivity index (χ0n) is 14.6. The van der Waals surface area contributed by atoms with Gasteiger partial charge in [-0.05, 0) is 25.5 Å². The van der Waals surface area contributed by atoms with Crippen LogP contribution in [0.3, 0.4) is 0 Å². The van der Waals surface area contributed by atoms with Crippen LogP contribution >= 0.6 is 0 Å². The number of para-hydroxylation sites is 1. The molecule has 0 saturated carbocycles. The van der Waals surface area contributed by atoms with Gasteiger partial charge in [-0.15, -0.1) is 0 Å². The second kappa shape index (κ2) is 7.81. The second-order valence-electron chi connectivity index (χ2n) is 6.09. The monoisotopic (exact) mass is 328 g/mol. The molecule has 1 heterocycles. The van der Waals surface area contributed by atoms with Crippen LogP contribution < -0.4 is 5.32 Å². The molecule has 24 heavy (non-hydrogen) atoms. The predicted molar refractivity (Wildman–Crippen MR) is 94.7 cm³/mol. The lowest BCUT2D eigenvalue weighted by Gasteiger charge is -2.14. The molecule has 0 radical (unpaired) electrons. The number of carbonyl (C=O) groups excluding carboxylic acids is 2. The highest BCUT2D eigenvalue weighted by molar-refractivity contribution is 5.87. The highest BCUT2D eigenvalue weighted by atomic mass is 16.5. The summed E-state index contributed by atoms with van der Waals surface area (Å²) < 4.78 is 6.97. The summed E-state index contributed by atoms with van der Waals surface area (Å²) in [5.74, 6) is -0.690. The van der Waals surface area contributed by atoms with Crippen LogP contribution in [0.2, 0.25) is 0 Å². The van der Waals surface area contributed by atoms with Gasteiger partial charge in [0.1, 0.15) is 6.04 Å². The van der Waals surface area contributed by atoms with Crippen molar-refractivity contribution in [3.63, 3.8) is 0 Å². The lowest BCUT2D eigenvalue weighted by molar-refractivity contribution is -0.144. The number of ether oxygens (including phenoxy) is 1. The molecule has 1 aromatic heterocycles. The van der Waals surface area contributed by atoms with Crippen LogP contribution in [0.1, 0.15) is 26.3 Å². The van der Waals surface area contributed by atoms with Crippen molar-refractivity contribution < 1.29 is 14.3 Å². The number of esters is 1. The van der Waals surface area contributed by atoms with Crippen LogP contribution in [-0.4, -0.2) is 29.6 Å². The van der Waals surface area contributed by atoms with Crippen molar-refractivity contribution >= 4 is 22.8 Å². The van der Waals surface area contributed by atoms with E-state index in [0.29, 0.717) is 6.42 Å². The second-order valence-corrected chi connectivity index (χ2v) is 6.09. The minimum absolute atomic E-state index is 0.251. The Labute approximate surface area is 142 Å². The highest BCUT2D eigenvalue weighted by Gasteiger charge is 2.22. The quantitative estimate of drug-likeness (QED) is 0.655. The van der Waals surface area contributed by atoms with Crippen molar-refractivity contribution in [2.75, 3.05) is 7.11 Å². The van der Waals surface area contributed by atoms with E-state index in [1.54, 1.807) is 0 Å². The molecule has 1 amide bonds. The van der Waals surface area contributed by atoms with Gasteiger partial charge in [-0.1, -0.05) is 29.8 Å². The largest absolute Gasteiger partial charge is 0.467 e. The summed E-state index contributed by atoms with van der Waals surface area (Å²) in [5.41, 5.74) is 3.37. The molecule has 1 N–H and O–H groups in total. The minimum atomic E-state index is -0.685. The molecule has 5 heteroatoms. The van der Waals surface area contributed by atoms with Crippen LogP contribution in [0, 0.1) is 0 Å². The molecule has 128 valence electrons. The van der Waals surface area contributed by atoms with E-state index in [1.807, 2.05) is 24.4 Å². The van der Waals surface area contributed by atoms with Crippen LogP contribution in [0.5, 0.6) is 0 Å². The average molecular weight is 328 g/mol. The third kappa shape index (κ3) is 4.25. The first kappa shape index (κ1) is 17.8. The molecule has 2 aromatic rings. The smallest absolute Gasteiger partial charge is 0.328 e. The first-order chi connectivity index (χ1) is 11.4. The molecule has 1 aromatic carbocycles. The van der Waals surface area contributed by atoms with Crippen LogP contribution in [-0.2, 0) is 27.3 Å². The van der Waals surface area contributed by atoms with Crippen molar-refractivity contribution in [1.29, 1.82) is 0 Å². The Morgan fingerprint density at radius 2 is 1.96 bits per heavy atom. The Morgan fingerprint density at radius 1 is 1.25 bits per heavy atom. The summed E-state index contributed by atoms with van der Waals surface area (Å²) in [7, 11) is 1.33. The van der Waals surface area contributed by atoms with E-state index in [2.05, 4.69) is 35.9 Å². The third-order valence-electron chi connectivity index (χ3n) is 3.85. The number of aromatic nitrogens is 1. The van der Waals surface area contributed by atoms with Gasteiger partial charge in [0.15, 0.2) is 0 Å². The fraction of sp³-hybridized carbons (Fsp3) is 0.368. The molecule has 2 rings (SSSR count). The molecule has 1 atom stereocenters. The van der Waals surface area contributed by atoms with Gasteiger partial charge >= 0.3 is 5.97 Å². The first-order valence-electron chi connectivity index (χ1n) is 7.97. The zero-order chi connectivity index (χ0) is 17.7. The van der Waals surface area contributed by atoms with Gasteiger partial charge in [0.05, 0.1) is 7.11 Å². The molecule has 0 aliphatic rings. The summed E-state index contributed by atoms with van der Waals surface area (Å²) in [6.07, 6.45) is 4.60. The summed E-state index contributed by atoms with van der Waals surface area (Å²) in [4.78, 5) is 23.3. The van der Waals surface area contributed by atoms with Gasteiger partial charge in [-0.3, -0.25) is 4.79 Å². The average Bonchev–Trinajstić information content (AvgIpc) is 2.89.